The van der Waals surface area contributed by atoms with Crippen LogP contribution in [0, 0.1) is 0 Å². The van der Waals surface area contributed by atoms with Crippen LogP contribution in [-0.4, -0.2) is 38.6 Å². The Morgan fingerprint density at radius 2 is 1.21 bits per heavy atom. The molecule has 0 saturated carbocycles. The Labute approximate surface area is 77.2 Å². The fourth-order valence-corrected chi connectivity index (χ4v) is 0. The molecule has 0 aliphatic carbocycles. The highest BCUT2D eigenvalue weighted by Gasteiger charge is 2.44. The predicted molar refractivity (Wildman–Crippen MR) is 36.2 cm³/mol. The Morgan fingerprint density at radius 1 is 1.07 bits per heavy atom. The lowest BCUT2D eigenvalue weighted by Gasteiger charge is -1.97. The molecule has 0 unspecified atom stereocenters. The van der Waals surface area contributed by atoms with E-state index >= 15 is 0 Å². The van der Waals surface area contributed by atoms with Crippen LogP contribution in [0.3, 0.4) is 0 Å². The Balaban J connectivity index is 0. The molecular formula is C2H5F3O7S2. The lowest BCUT2D eigenvalue weighted by atomic mass is 11.6. The van der Waals surface area contributed by atoms with E-state index in [1.807, 2.05) is 0 Å². The summed E-state index contributed by atoms with van der Waals surface area (Å²) < 4.78 is 87.2. The van der Waals surface area contributed by atoms with Crippen LogP contribution in [0.2, 0.25) is 0 Å². The van der Waals surface area contributed by atoms with Gasteiger partial charge in [-0.15, -0.1) is 0 Å². The van der Waals surface area contributed by atoms with E-state index in [-0.39, 0.29) is 0 Å². The molecule has 0 heterocycles. The van der Waals surface area contributed by atoms with Gasteiger partial charge in [-0.3, -0.25) is 13.3 Å². The third kappa shape index (κ3) is 9.66. The molecule has 12 heteroatoms. The predicted octanol–water partition coefficient (Wildman–Crippen LogP) is -0.170. The summed E-state index contributed by atoms with van der Waals surface area (Å²) in [4.78, 5) is 0. The average molecular weight is 262 g/mol. The van der Waals surface area contributed by atoms with Gasteiger partial charge in [0, 0.05) is 0 Å². The first-order valence-corrected chi connectivity index (χ1v) is 5.18. The van der Waals surface area contributed by atoms with Crippen LogP contribution in [-0.2, 0) is 24.7 Å². The zero-order valence-corrected chi connectivity index (χ0v) is 8.02. The molecule has 14 heavy (non-hydrogen) atoms. The van der Waals surface area contributed by atoms with E-state index in [0.29, 0.717) is 0 Å². The quantitative estimate of drug-likeness (QED) is 0.497. The Bertz CT molecular complexity index is 349. The molecule has 2 N–H and O–H groups in total. The van der Waals surface area contributed by atoms with E-state index in [0.717, 1.165) is 7.11 Å². The van der Waals surface area contributed by atoms with Gasteiger partial charge in [-0.25, -0.2) is 0 Å². The average Bonchev–Trinajstić information content (AvgIpc) is 1.82. The minimum absolute atomic E-state index is 0.870. The van der Waals surface area contributed by atoms with Crippen molar-refractivity contribution < 1.29 is 43.3 Å². The molecule has 0 aromatic rings. The summed E-state index contributed by atoms with van der Waals surface area (Å²) in [7, 11) is -9.13. The van der Waals surface area contributed by atoms with Crippen molar-refractivity contribution >= 4 is 20.5 Å². The van der Waals surface area contributed by atoms with E-state index in [4.69, 9.17) is 17.5 Å². The van der Waals surface area contributed by atoms with Gasteiger partial charge in [0.2, 0.25) is 0 Å². The third-order valence-electron chi connectivity index (χ3n) is 0.503. The third-order valence-corrected chi connectivity index (χ3v) is 1.51. The minimum Gasteiger partial charge on any atom is -0.279 e. The smallest absolute Gasteiger partial charge is 0.279 e. The second kappa shape index (κ2) is 4.88. The molecule has 0 saturated heterocycles. The summed E-state index contributed by atoms with van der Waals surface area (Å²) in [5, 5.41) is 0. The van der Waals surface area contributed by atoms with Gasteiger partial charge in [0.1, 0.15) is 0 Å². The normalized spacial score (nSPS) is 13.0. The number of hydrogen-bond donors (Lipinski definition) is 2. The Morgan fingerprint density at radius 3 is 1.21 bits per heavy atom. The molecule has 0 aliphatic heterocycles. The van der Waals surface area contributed by atoms with E-state index in [2.05, 4.69) is 4.18 Å². The molecule has 0 aromatic heterocycles. The fraction of sp³-hybridized carbons (Fsp3) is 1.00. The van der Waals surface area contributed by atoms with Gasteiger partial charge in [0.05, 0.1) is 7.11 Å². The second-order valence-corrected chi connectivity index (χ2v) is 4.12. The molecule has 0 spiro atoms. The fourth-order valence-electron chi connectivity index (χ4n) is 0. The van der Waals surface area contributed by atoms with Crippen molar-refractivity contribution in [1.82, 2.24) is 0 Å². The van der Waals surface area contributed by atoms with E-state index < -0.39 is 26.0 Å². The highest BCUT2D eigenvalue weighted by Crippen LogP contribution is 2.20. The van der Waals surface area contributed by atoms with Crippen molar-refractivity contribution in [2.75, 3.05) is 7.11 Å². The molecule has 0 fully saturated rings. The minimum atomic E-state index is -5.84. The summed E-state index contributed by atoms with van der Waals surface area (Å²) in [6.07, 6.45) is 0. The highest BCUT2D eigenvalue weighted by atomic mass is 32.3. The monoisotopic (exact) mass is 262 g/mol. The maximum Gasteiger partial charge on any atom is 0.522 e. The van der Waals surface area contributed by atoms with Gasteiger partial charge in [-0.2, -0.15) is 30.0 Å². The molecule has 7 nitrogen and oxygen atoms in total. The van der Waals surface area contributed by atoms with Crippen molar-refractivity contribution in [1.29, 1.82) is 0 Å². The first-order valence-electron chi connectivity index (χ1n) is 2.38. The summed E-state index contributed by atoms with van der Waals surface area (Å²) in [6, 6.07) is 0. The number of halogens is 3. The Kier molecular flexibility index (Phi) is 5.58. The number of hydrogen-bond acceptors (Lipinski definition) is 5. The molecule has 0 rings (SSSR count). The van der Waals surface area contributed by atoms with Crippen molar-refractivity contribution in [3.8, 4) is 0 Å². The van der Waals surface area contributed by atoms with E-state index in [9.17, 15) is 21.6 Å². The molecule has 0 aromatic carbocycles. The van der Waals surface area contributed by atoms with Gasteiger partial charge in [-0.05, 0) is 0 Å². The molecule has 0 radical (unpaired) electrons. The summed E-state index contributed by atoms with van der Waals surface area (Å²) in [5.74, 6) is 0. The summed E-state index contributed by atoms with van der Waals surface area (Å²) >= 11 is 0. The zero-order valence-electron chi connectivity index (χ0n) is 6.39. The lowest BCUT2D eigenvalue weighted by Crippen LogP contribution is -2.21. The van der Waals surface area contributed by atoms with Gasteiger partial charge in [-0.1, -0.05) is 0 Å². The summed E-state index contributed by atoms with van der Waals surface area (Å²) in [5.41, 5.74) is -5.53. The zero-order chi connectivity index (χ0) is 12.2. The van der Waals surface area contributed by atoms with Crippen molar-refractivity contribution in [2.24, 2.45) is 0 Å². The van der Waals surface area contributed by atoms with Crippen LogP contribution in [0.5, 0.6) is 0 Å². The maximum absolute atomic E-state index is 10.7. The molecule has 0 aliphatic rings. The van der Waals surface area contributed by atoms with Gasteiger partial charge >= 0.3 is 26.0 Å². The van der Waals surface area contributed by atoms with E-state index in [1.54, 1.807) is 0 Å². The van der Waals surface area contributed by atoms with Crippen molar-refractivity contribution in [3.63, 3.8) is 0 Å². The summed E-state index contributed by atoms with van der Waals surface area (Å²) in [6.45, 7) is 0. The van der Waals surface area contributed by atoms with E-state index in [1.165, 1.54) is 0 Å². The molecular weight excluding hydrogens is 257 g/mol. The van der Waals surface area contributed by atoms with Crippen LogP contribution in [0.1, 0.15) is 0 Å². The Hall–Kier alpha value is -0.430. The van der Waals surface area contributed by atoms with Gasteiger partial charge in [0.25, 0.3) is 0 Å². The van der Waals surface area contributed by atoms with Crippen LogP contribution >= 0.6 is 0 Å². The van der Waals surface area contributed by atoms with Crippen molar-refractivity contribution in [3.05, 3.63) is 0 Å². The SMILES string of the molecule is COS(=O)(=O)O.O=S(=O)(O)C(F)(F)F. The van der Waals surface area contributed by atoms with Crippen LogP contribution in [0.25, 0.3) is 0 Å². The second-order valence-electron chi connectivity index (χ2n) is 1.52. The van der Waals surface area contributed by atoms with Gasteiger partial charge < -0.3 is 0 Å². The van der Waals surface area contributed by atoms with Crippen LogP contribution < -0.4 is 0 Å². The van der Waals surface area contributed by atoms with Gasteiger partial charge in [0.15, 0.2) is 0 Å². The topological polar surface area (TPSA) is 118 Å². The molecule has 0 amide bonds. The number of rotatable bonds is 1. The van der Waals surface area contributed by atoms with Crippen LogP contribution in [0.15, 0.2) is 0 Å². The maximum atomic E-state index is 10.7. The molecule has 0 bridgehead atoms. The van der Waals surface area contributed by atoms with Crippen molar-refractivity contribution in [2.45, 2.75) is 5.51 Å². The number of alkyl halides is 3. The first-order chi connectivity index (χ1) is 5.81. The lowest BCUT2D eigenvalue weighted by molar-refractivity contribution is -0.0510. The molecule has 88 valence electrons. The first kappa shape index (κ1) is 16.0. The largest absolute Gasteiger partial charge is 0.522 e. The highest BCUT2D eigenvalue weighted by molar-refractivity contribution is 7.86. The standard InChI is InChI=1S/CHF3O3S.CH4O4S/c2-1(3,4)8(5,6)7;1-5-6(2,3)4/h(H,5,6,7);1H3,(H,2,3,4). The molecule has 0 atom stereocenters. The van der Waals surface area contributed by atoms with Crippen LogP contribution in [0.4, 0.5) is 13.2 Å².